The summed E-state index contributed by atoms with van der Waals surface area (Å²) in [5, 5.41) is 10.3. The van der Waals surface area contributed by atoms with Gasteiger partial charge in [0, 0.05) is 6.54 Å². The van der Waals surface area contributed by atoms with Gasteiger partial charge in [0.05, 0.1) is 6.10 Å². The fourth-order valence-electron chi connectivity index (χ4n) is 3.06. The van der Waals surface area contributed by atoms with Gasteiger partial charge in [-0.1, -0.05) is 44.2 Å². The van der Waals surface area contributed by atoms with Gasteiger partial charge in [-0.3, -0.25) is 0 Å². The molecular weight excluding hydrogens is 234 g/mol. The monoisotopic (exact) mass is 261 g/mol. The highest BCUT2D eigenvalue weighted by atomic mass is 16.3. The lowest BCUT2D eigenvalue weighted by molar-refractivity contribution is 0.114. The molecule has 2 atom stereocenters. The Hall–Kier alpha value is -0.860. The van der Waals surface area contributed by atoms with Gasteiger partial charge in [-0.05, 0) is 49.8 Å². The zero-order valence-corrected chi connectivity index (χ0v) is 12.3. The maximum atomic E-state index is 10.3. The molecule has 0 aromatic heterocycles. The number of likely N-dealkylation sites (tertiary alicyclic amines) is 1. The summed E-state index contributed by atoms with van der Waals surface area (Å²) in [6.07, 6.45) is 3.54. The summed E-state index contributed by atoms with van der Waals surface area (Å²) < 4.78 is 0. The van der Waals surface area contributed by atoms with Crippen molar-refractivity contribution in [3.8, 4) is 0 Å². The molecule has 2 unspecified atom stereocenters. The lowest BCUT2D eigenvalue weighted by Crippen LogP contribution is -2.30. The summed E-state index contributed by atoms with van der Waals surface area (Å²) in [6.45, 7) is 7.70. The van der Waals surface area contributed by atoms with Crippen LogP contribution in [-0.4, -0.2) is 29.6 Å². The maximum Gasteiger partial charge on any atom is 0.0916 e. The third-order valence-electron chi connectivity index (χ3n) is 4.42. The van der Waals surface area contributed by atoms with Crippen LogP contribution in [0.15, 0.2) is 30.3 Å². The summed E-state index contributed by atoms with van der Waals surface area (Å²) >= 11 is 0. The molecule has 2 heteroatoms. The van der Waals surface area contributed by atoms with Gasteiger partial charge in [-0.25, -0.2) is 0 Å². The molecule has 19 heavy (non-hydrogen) atoms. The Balaban J connectivity index is 1.86. The summed E-state index contributed by atoms with van der Waals surface area (Å²) in [5.74, 6) is 1.65. The molecule has 0 aliphatic carbocycles. The van der Waals surface area contributed by atoms with E-state index in [-0.39, 0.29) is 6.10 Å². The molecule has 1 aromatic rings. The number of benzene rings is 1. The van der Waals surface area contributed by atoms with Gasteiger partial charge in [-0.15, -0.1) is 0 Å². The van der Waals surface area contributed by atoms with E-state index in [1.165, 1.54) is 19.3 Å². The molecule has 0 bridgehead atoms. The van der Waals surface area contributed by atoms with E-state index >= 15 is 0 Å². The molecule has 106 valence electrons. The number of nitrogens with zero attached hydrogens (tertiary/aromatic N) is 1. The number of rotatable bonds is 4. The molecule has 1 N–H and O–H groups in total. The predicted octanol–water partition coefficient (Wildman–Crippen LogP) is 3.48. The van der Waals surface area contributed by atoms with Crippen LogP contribution in [0.3, 0.4) is 0 Å². The van der Waals surface area contributed by atoms with Crippen molar-refractivity contribution in [3.63, 3.8) is 0 Å². The van der Waals surface area contributed by atoms with Crippen LogP contribution < -0.4 is 0 Å². The first kappa shape index (κ1) is 14.5. The Kier molecular flexibility index (Phi) is 5.41. The molecule has 2 rings (SSSR count). The van der Waals surface area contributed by atoms with Crippen molar-refractivity contribution < 1.29 is 5.11 Å². The molecule has 0 saturated carbocycles. The molecule has 1 aliphatic heterocycles. The molecule has 1 aliphatic rings. The third-order valence-corrected chi connectivity index (χ3v) is 4.42. The second-order valence-corrected chi connectivity index (χ2v) is 6.16. The second-order valence-electron chi connectivity index (χ2n) is 6.16. The van der Waals surface area contributed by atoms with Crippen molar-refractivity contribution in [2.45, 2.75) is 39.2 Å². The minimum Gasteiger partial charge on any atom is -0.387 e. The topological polar surface area (TPSA) is 23.5 Å². The van der Waals surface area contributed by atoms with E-state index in [1.807, 2.05) is 30.3 Å². The number of aliphatic hydroxyl groups excluding tert-OH is 1. The van der Waals surface area contributed by atoms with Crippen LogP contribution in [0.5, 0.6) is 0 Å². The first-order valence-electron chi connectivity index (χ1n) is 7.62. The van der Waals surface area contributed by atoms with Crippen molar-refractivity contribution in [1.29, 1.82) is 0 Å². The van der Waals surface area contributed by atoms with Crippen molar-refractivity contribution >= 4 is 0 Å². The van der Waals surface area contributed by atoms with Crippen LogP contribution in [-0.2, 0) is 0 Å². The van der Waals surface area contributed by atoms with Gasteiger partial charge in [0.2, 0.25) is 0 Å². The van der Waals surface area contributed by atoms with Crippen LogP contribution in [0.25, 0.3) is 0 Å². The first-order chi connectivity index (χ1) is 9.16. The third kappa shape index (κ3) is 4.32. The van der Waals surface area contributed by atoms with E-state index in [4.69, 9.17) is 0 Å². The van der Waals surface area contributed by atoms with Crippen LogP contribution >= 0.6 is 0 Å². The standard InChI is InChI=1S/C17H27NO/c1-14(2)15-9-6-11-18(12-10-15)13-17(19)16-7-4-3-5-8-16/h3-5,7-8,14-15,17,19H,6,9-13H2,1-2H3. The van der Waals surface area contributed by atoms with Crippen LogP contribution in [0.1, 0.15) is 44.8 Å². The Labute approximate surface area is 117 Å². The van der Waals surface area contributed by atoms with Crippen LogP contribution in [0, 0.1) is 11.8 Å². The Bertz CT molecular complexity index is 363. The summed E-state index contributed by atoms with van der Waals surface area (Å²) in [6, 6.07) is 10.0. The first-order valence-corrected chi connectivity index (χ1v) is 7.62. The number of hydrogen-bond acceptors (Lipinski definition) is 2. The Morgan fingerprint density at radius 2 is 1.89 bits per heavy atom. The summed E-state index contributed by atoms with van der Waals surface area (Å²) in [5.41, 5.74) is 1.03. The van der Waals surface area contributed by atoms with Gasteiger partial charge >= 0.3 is 0 Å². The fraction of sp³-hybridized carbons (Fsp3) is 0.647. The molecule has 0 radical (unpaired) electrons. The van der Waals surface area contributed by atoms with Gasteiger partial charge in [0.25, 0.3) is 0 Å². The van der Waals surface area contributed by atoms with E-state index in [9.17, 15) is 5.11 Å². The maximum absolute atomic E-state index is 10.3. The second kappa shape index (κ2) is 7.06. The molecule has 0 spiro atoms. The molecule has 2 nitrogen and oxygen atoms in total. The predicted molar refractivity (Wildman–Crippen MR) is 80.0 cm³/mol. The number of hydrogen-bond donors (Lipinski definition) is 1. The van der Waals surface area contributed by atoms with Crippen molar-refractivity contribution in [1.82, 2.24) is 4.90 Å². The number of aliphatic hydroxyl groups is 1. The van der Waals surface area contributed by atoms with E-state index in [0.717, 1.165) is 37.0 Å². The lowest BCUT2D eigenvalue weighted by atomic mass is 9.89. The summed E-state index contributed by atoms with van der Waals surface area (Å²) in [4.78, 5) is 2.43. The molecule has 1 fully saturated rings. The van der Waals surface area contributed by atoms with Crippen molar-refractivity contribution in [2.75, 3.05) is 19.6 Å². The Morgan fingerprint density at radius 3 is 2.58 bits per heavy atom. The van der Waals surface area contributed by atoms with E-state index in [1.54, 1.807) is 0 Å². The number of β-amino-alcohol motifs (C(OH)–C–C–N with tert-alkyl or cyclic N) is 1. The minimum absolute atomic E-state index is 0.350. The smallest absolute Gasteiger partial charge is 0.0916 e. The molecule has 1 aromatic carbocycles. The van der Waals surface area contributed by atoms with Gasteiger partial charge in [-0.2, -0.15) is 0 Å². The zero-order chi connectivity index (χ0) is 13.7. The average Bonchev–Trinajstić information content (AvgIpc) is 2.65. The molecule has 0 amide bonds. The molecule has 1 saturated heterocycles. The van der Waals surface area contributed by atoms with Gasteiger partial charge in [0.15, 0.2) is 0 Å². The largest absolute Gasteiger partial charge is 0.387 e. The van der Waals surface area contributed by atoms with E-state index in [0.29, 0.717) is 0 Å². The van der Waals surface area contributed by atoms with Gasteiger partial charge < -0.3 is 10.0 Å². The van der Waals surface area contributed by atoms with Crippen molar-refractivity contribution in [3.05, 3.63) is 35.9 Å². The minimum atomic E-state index is -0.350. The molecular formula is C17H27NO. The van der Waals surface area contributed by atoms with Crippen molar-refractivity contribution in [2.24, 2.45) is 11.8 Å². The zero-order valence-electron chi connectivity index (χ0n) is 12.3. The summed E-state index contributed by atoms with van der Waals surface area (Å²) in [7, 11) is 0. The highest BCUT2D eigenvalue weighted by Crippen LogP contribution is 2.25. The van der Waals surface area contributed by atoms with E-state index in [2.05, 4.69) is 18.7 Å². The van der Waals surface area contributed by atoms with Gasteiger partial charge in [0.1, 0.15) is 0 Å². The lowest BCUT2D eigenvalue weighted by Gasteiger charge is -2.24. The fourth-order valence-corrected chi connectivity index (χ4v) is 3.06. The highest BCUT2D eigenvalue weighted by Gasteiger charge is 2.21. The normalized spacial score (nSPS) is 23.3. The molecule has 1 heterocycles. The Morgan fingerprint density at radius 1 is 1.16 bits per heavy atom. The van der Waals surface area contributed by atoms with Crippen LogP contribution in [0.2, 0.25) is 0 Å². The highest BCUT2D eigenvalue weighted by molar-refractivity contribution is 5.17. The average molecular weight is 261 g/mol. The van der Waals surface area contributed by atoms with Crippen LogP contribution in [0.4, 0.5) is 0 Å². The quantitative estimate of drug-likeness (QED) is 0.897. The van der Waals surface area contributed by atoms with E-state index < -0.39 is 0 Å². The SMILES string of the molecule is CC(C)C1CCCN(CC(O)c2ccccc2)CC1.